The Hall–Kier alpha value is -0.330. The number of ketones is 1. The van der Waals surface area contributed by atoms with Crippen LogP contribution in [0.4, 0.5) is 0 Å². The van der Waals surface area contributed by atoms with Crippen molar-refractivity contribution in [3.05, 3.63) is 0 Å². The molecule has 0 aromatic heterocycles. The molecule has 0 aliphatic heterocycles. The van der Waals surface area contributed by atoms with Crippen molar-refractivity contribution in [3.63, 3.8) is 0 Å². The topological polar surface area (TPSA) is 17.1 Å². The summed E-state index contributed by atoms with van der Waals surface area (Å²) in [6, 6.07) is 0. The molecule has 0 amide bonds. The van der Waals surface area contributed by atoms with Crippen LogP contribution in [0.5, 0.6) is 0 Å². The van der Waals surface area contributed by atoms with Crippen molar-refractivity contribution >= 4 is 5.78 Å². The van der Waals surface area contributed by atoms with Crippen molar-refractivity contribution in [2.24, 2.45) is 17.8 Å². The Morgan fingerprint density at radius 2 is 0.806 bits per heavy atom. The highest BCUT2D eigenvalue weighted by Gasteiger charge is 2.09. The number of carbonyl (C=O) groups excluding carboxylic acids is 1. The van der Waals surface area contributed by atoms with E-state index in [0.29, 0.717) is 5.78 Å². The van der Waals surface area contributed by atoms with Gasteiger partial charge < -0.3 is 0 Å². The highest BCUT2D eigenvalue weighted by Crippen LogP contribution is 2.21. The Morgan fingerprint density at radius 1 is 0.484 bits per heavy atom. The highest BCUT2D eigenvalue weighted by atomic mass is 16.1. The molecule has 3 unspecified atom stereocenters. The lowest BCUT2D eigenvalue weighted by atomic mass is 9.93. The fourth-order valence-electron chi connectivity index (χ4n) is 4.76. The van der Waals surface area contributed by atoms with E-state index >= 15 is 0 Å². The van der Waals surface area contributed by atoms with Gasteiger partial charge in [0, 0.05) is 5.92 Å². The van der Waals surface area contributed by atoms with Crippen LogP contribution in [0.3, 0.4) is 0 Å². The zero-order valence-electron chi connectivity index (χ0n) is 22.5. The van der Waals surface area contributed by atoms with Gasteiger partial charge in [0.25, 0.3) is 0 Å². The number of carbonyl (C=O) groups is 1. The monoisotopic (exact) mass is 436 g/mol. The van der Waals surface area contributed by atoms with Crippen LogP contribution in [0.15, 0.2) is 0 Å². The summed E-state index contributed by atoms with van der Waals surface area (Å²) in [5.41, 5.74) is 0. The summed E-state index contributed by atoms with van der Waals surface area (Å²) in [4.78, 5) is 11.3. The molecule has 0 radical (unpaired) electrons. The van der Waals surface area contributed by atoms with Gasteiger partial charge in [-0.15, -0.1) is 0 Å². The predicted molar refractivity (Wildman–Crippen MR) is 141 cm³/mol. The van der Waals surface area contributed by atoms with Gasteiger partial charge >= 0.3 is 0 Å². The summed E-state index contributed by atoms with van der Waals surface area (Å²) in [5, 5.41) is 0. The molecule has 31 heavy (non-hydrogen) atoms. The summed E-state index contributed by atoms with van der Waals surface area (Å²) < 4.78 is 0. The second kappa shape index (κ2) is 22.8. The number of rotatable bonds is 24. The van der Waals surface area contributed by atoms with Crippen molar-refractivity contribution in [1.82, 2.24) is 0 Å². The molecular formula is C30H60O. The van der Waals surface area contributed by atoms with Gasteiger partial charge in [-0.05, 0) is 25.2 Å². The van der Waals surface area contributed by atoms with Gasteiger partial charge in [0.1, 0.15) is 5.78 Å². The molecule has 0 saturated heterocycles. The minimum atomic E-state index is 0.264. The minimum absolute atomic E-state index is 0.264. The molecule has 1 nitrogen and oxygen atoms in total. The molecule has 3 atom stereocenters. The number of unbranched alkanes of at least 4 members (excludes halogenated alkanes) is 13. The number of hydrogen-bond acceptors (Lipinski definition) is 1. The SMILES string of the molecule is CCCCCCCCCCCCC(C)CCCCCCCC(C)CCCC(C)C(C)=O. The molecule has 0 fully saturated rings. The first-order valence-electron chi connectivity index (χ1n) is 14.5. The van der Waals surface area contributed by atoms with Gasteiger partial charge in [-0.2, -0.15) is 0 Å². The fraction of sp³-hybridized carbons (Fsp3) is 0.967. The van der Waals surface area contributed by atoms with Crippen LogP contribution in [0.25, 0.3) is 0 Å². The zero-order chi connectivity index (χ0) is 23.2. The predicted octanol–water partition coefficient (Wildman–Crippen LogP) is 10.7. The summed E-state index contributed by atoms with van der Waals surface area (Å²) in [6.45, 7) is 11.0. The Kier molecular flexibility index (Phi) is 22.6. The Morgan fingerprint density at radius 3 is 1.16 bits per heavy atom. The van der Waals surface area contributed by atoms with Crippen LogP contribution in [0.1, 0.15) is 169 Å². The lowest BCUT2D eigenvalue weighted by Gasteiger charge is -2.13. The first-order chi connectivity index (χ1) is 15.0. The van der Waals surface area contributed by atoms with Crippen molar-refractivity contribution in [3.8, 4) is 0 Å². The molecule has 0 heterocycles. The summed E-state index contributed by atoms with van der Waals surface area (Å²) >= 11 is 0. The molecule has 0 aromatic carbocycles. The Labute approximate surface area is 197 Å². The molecule has 0 aliphatic rings. The molecule has 0 aromatic rings. The maximum atomic E-state index is 11.3. The van der Waals surface area contributed by atoms with E-state index in [4.69, 9.17) is 0 Å². The van der Waals surface area contributed by atoms with E-state index in [9.17, 15) is 4.79 Å². The third-order valence-electron chi connectivity index (χ3n) is 7.47. The third kappa shape index (κ3) is 22.6. The van der Waals surface area contributed by atoms with Gasteiger partial charge in [0.2, 0.25) is 0 Å². The van der Waals surface area contributed by atoms with E-state index in [1.54, 1.807) is 6.92 Å². The average molecular weight is 437 g/mol. The van der Waals surface area contributed by atoms with Crippen LogP contribution >= 0.6 is 0 Å². The molecule has 1 heteroatoms. The number of Topliss-reactive ketones (excluding diaryl/α,β-unsaturated/α-hetero) is 1. The molecule has 0 aliphatic carbocycles. The minimum Gasteiger partial charge on any atom is -0.300 e. The van der Waals surface area contributed by atoms with Crippen LogP contribution in [-0.2, 0) is 4.79 Å². The van der Waals surface area contributed by atoms with Gasteiger partial charge in [-0.3, -0.25) is 4.79 Å². The Bertz CT molecular complexity index is 375. The van der Waals surface area contributed by atoms with E-state index in [1.165, 1.54) is 128 Å². The van der Waals surface area contributed by atoms with Crippen LogP contribution in [-0.4, -0.2) is 5.78 Å². The molecule has 0 saturated carbocycles. The van der Waals surface area contributed by atoms with E-state index in [2.05, 4.69) is 27.7 Å². The quantitative estimate of drug-likeness (QED) is 0.137. The van der Waals surface area contributed by atoms with Crippen molar-refractivity contribution < 1.29 is 4.79 Å². The summed E-state index contributed by atoms with van der Waals surface area (Å²) in [5.74, 6) is 2.39. The second-order valence-corrected chi connectivity index (χ2v) is 11.0. The third-order valence-corrected chi connectivity index (χ3v) is 7.47. The van der Waals surface area contributed by atoms with Gasteiger partial charge in [0.15, 0.2) is 0 Å². The second-order valence-electron chi connectivity index (χ2n) is 11.0. The van der Waals surface area contributed by atoms with E-state index in [0.717, 1.165) is 18.3 Å². The lowest BCUT2D eigenvalue weighted by Crippen LogP contribution is -2.06. The van der Waals surface area contributed by atoms with E-state index < -0.39 is 0 Å². The van der Waals surface area contributed by atoms with E-state index in [1.807, 2.05) is 0 Å². The molecular weight excluding hydrogens is 376 g/mol. The molecule has 186 valence electrons. The number of hydrogen-bond donors (Lipinski definition) is 0. The highest BCUT2D eigenvalue weighted by molar-refractivity contribution is 5.77. The fourth-order valence-corrected chi connectivity index (χ4v) is 4.76. The van der Waals surface area contributed by atoms with Gasteiger partial charge in [-0.1, -0.05) is 156 Å². The smallest absolute Gasteiger partial charge is 0.132 e. The lowest BCUT2D eigenvalue weighted by molar-refractivity contribution is -0.120. The molecule has 0 spiro atoms. The standard InChI is InChI=1S/C30H60O/c1-6-7-8-9-10-11-12-13-15-18-22-27(2)23-19-16-14-17-20-24-28(3)25-21-26-29(4)30(5)31/h27-29H,6-26H2,1-5H3. The van der Waals surface area contributed by atoms with Crippen LogP contribution in [0, 0.1) is 17.8 Å². The Balaban J connectivity index is 3.32. The summed E-state index contributed by atoms with van der Waals surface area (Å²) in [7, 11) is 0. The first kappa shape index (κ1) is 30.7. The molecule has 0 bridgehead atoms. The largest absolute Gasteiger partial charge is 0.300 e. The first-order valence-corrected chi connectivity index (χ1v) is 14.5. The van der Waals surface area contributed by atoms with Gasteiger partial charge in [-0.25, -0.2) is 0 Å². The maximum absolute atomic E-state index is 11.3. The molecule has 0 N–H and O–H groups in total. The average Bonchev–Trinajstić information content (AvgIpc) is 2.74. The normalized spacial score (nSPS) is 14.5. The van der Waals surface area contributed by atoms with Crippen molar-refractivity contribution in [2.75, 3.05) is 0 Å². The van der Waals surface area contributed by atoms with Crippen LogP contribution < -0.4 is 0 Å². The zero-order valence-corrected chi connectivity index (χ0v) is 22.5. The maximum Gasteiger partial charge on any atom is 0.132 e. The molecule has 0 rings (SSSR count). The van der Waals surface area contributed by atoms with Crippen molar-refractivity contribution in [1.29, 1.82) is 0 Å². The summed E-state index contributed by atoms with van der Waals surface area (Å²) in [6.07, 6.45) is 29.5. The van der Waals surface area contributed by atoms with E-state index in [-0.39, 0.29) is 5.92 Å². The van der Waals surface area contributed by atoms with Gasteiger partial charge in [0.05, 0.1) is 0 Å². The van der Waals surface area contributed by atoms with Crippen molar-refractivity contribution in [2.45, 2.75) is 169 Å². The van der Waals surface area contributed by atoms with Crippen LogP contribution in [0.2, 0.25) is 0 Å².